The topological polar surface area (TPSA) is 92.5 Å². The van der Waals surface area contributed by atoms with Crippen molar-refractivity contribution in [2.45, 2.75) is 38.5 Å². The molecule has 0 atom stereocenters. The zero-order chi connectivity index (χ0) is 17.9. The fourth-order valence-electron chi connectivity index (χ4n) is 2.42. The number of carboxylic acids is 1. The molecule has 2 rings (SSSR count). The summed E-state index contributed by atoms with van der Waals surface area (Å²) in [4.78, 5) is 18.8. The number of ether oxygens (including phenoxy) is 1. The minimum atomic E-state index is -1.09. The van der Waals surface area contributed by atoms with Crippen LogP contribution in [-0.2, 0) is 0 Å². The van der Waals surface area contributed by atoms with Crippen LogP contribution in [0.2, 0.25) is 0 Å². The highest BCUT2D eigenvalue weighted by atomic mass is 16.5. The molecule has 25 heavy (non-hydrogen) atoms. The van der Waals surface area contributed by atoms with Crippen molar-refractivity contribution in [1.29, 1.82) is 0 Å². The van der Waals surface area contributed by atoms with Gasteiger partial charge in [0.15, 0.2) is 5.69 Å². The Kier molecular flexibility index (Phi) is 7.85. The van der Waals surface area contributed by atoms with E-state index >= 15 is 0 Å². The van der Waals surface area contributed by atoms with E-state index in [4.69, 9.17) is 14.9 Å². The molecule has 0 saturated carbocycles. The molecule has 6 nitrogen and oxygen atoms in total. The van der Waals surface area contributed by atoms with Crippen LogP contribution < -0.4 is 4.74 Å². The summed E-state index contributed by atoms with van der Waals surface area (Å²) >= 11 is 0. The van der Waals surface area contributed by atoms with E-state index in [0.29, 0.717) is 12.3 Å². The van der Waals surface area contributed by atoms with Gasteiger partial charge >= 0.3 is 5.97 Å². The van der Waals surface area contributed by atoms with Gasteiger partial charge in [0, 0.05) is 12.2 Å². The van der Waals surface area contributed by atoms with Gasteiger partial charge in [-0.2, -0.15) is 0 Å². The molecule has 0 amide bonds. The van der Waals surface area contributed by atoms with Gasteiger partial charge in [0.25, 0.3) is 0 Å². The molecule has 6 heteroatoms. The molecule has 0 aliphatic heterocycles. The second kappa shape index (κ2) is 10.4. The molecule has 0 aliphatic carbocycles. The van der Waals surface area contributed by atoms with Gasteiger partial charge in [0.2, 0.25) is 0 Å². The van der Waals surface area contributed by atoms with Crippen molar-refractivity contribution in [2.75, 3.05) is 13.2 Å². The summed E-state index contributed by atoms with van der Waals surface area (Å²) in [5, 5.41) is 17.5. The lowest BCUT2D eigenvalue weighted by atomic mass is 10.1. The molecule has 134 valence electrons. The van der Waals surface area contributed by atoms with Crippen LogP contribution in [-0.4, -0.2) is 39.4 Å². The smallest absolute Gasteiger partial charge is 0.356 e. The second-order valence-electron chi connectivity index (χ2n) is 5.81. The maximum Gasteiger partial charge on any atom is 0.356 e. The second-order valence-corrected chi connectivity index (χ2v) is 5.81. The summed E-state index contributed by atoms with van der Waals surface area (Å²) in [5.74, 6) is -0.282. The van der Waals surface area contributed by atoms with Gasteiger partial charge in [-0.3, -0.25) is 4.98 Å². The van der Waals surface area contributed by atoms with E-state index in [0.717, 1.165) is 43.4 Å². The largest absolute Gasteiger partial charge is 0.494 e. The van der Waals surface area contributed by atoms with Crippen LogP contribution >= 0.6 is 0 Å². The highest BCUT2D eigenvalue weighted by Crippen LogP contribution is 2.20. The van der Waals surface area contributed by atoms with E-state index < -0.39 is 5.97 Å². The van der Waals surface area contributed by atoms with Gasteiger partial charge in [0.1, 0.15) is 5.75 Å². The normalized spacial score (nSPS) is 10.6. The molecule has 0 fully saturated rings. The highest BCUT2D eigenvalue weighted by Gasteiger charge is 2.06. The lowest BCUT2D eigenvalue weighted by molar-refractivity contribution is 0.0690. The Labute approximate surface area is 147 Å². The van der Waals surface area contributed by atoms with Crippen LogP contribution in [0.4, 0.5) is 0 Å². The molecule has 0 saturated heterocycles. The molecule has 2 aromatic rings. The van der Waals surface area contributed by atoms with Crippen LogP contribution in [0.5, 0.6) is 5.75 Å². The molecule has 2 N–H and O–H groups in total. The van der Waals surface area contributed by atoms with Crippen molar-refractivity contribution >= 4 is 5.97 Å². The summed E-state index contributed by atoms with van der Waals surface area (Å²) in [6, 6.07) is 7.52. The molecular formula is C19H24N2O4. The Morgan fingerprint density at radius 3 is 2.20 bits per heavy atom. The molecule has 1 aromatic heterocycles. The molecule has 1 heterocycles. The standard InChI is InChI=1S/C19H24N2O4/c22-11-5-3-1-2-4-6-12-25-16-9-7-15(8-10-16)17-13-21-18(14-20-17)19(23)24/h7-10,13-14,22H,1-6,11-12H2,(H,23,24). The van der Waals surface area contributed by atoms with Crippen molar-refractivity contribution in [2.24, 2.45) is 0 Å². The number of benzene rings is 1. The number of carbonyl (C=O) groups is 1. The highest BCUT2D eigenvalue weighted by molar-refractivity contribution is 5.85. The number of rotatable bonds is 11. The number of aromatic carboxylic acids is 1. The van der Waals surface area contributed by atoms with E-state index in [1.807, 2.05) is 24.3 Å². The van der Waals surface area contributed by atoms with Crippen LogP contribution in [0.15, 0.2) is 36.7 Å². The zero-order valence-corrected chi connectivity index (χ0v) is 14.2. The fourth-order valence-corrected chi connectivity index (χ4v) is 2.42. The Balaban J connectivity index is 1.73. The van der Waals surface area contributed by atoms with E-state index in [2.05, 4.69) is 9.97 Å². The summed E-state index contributed by atoms with van der Waals surface area (Å²) in [5.41, 5.74) is 1.42. The number of unbranched alkanes of at least 4 members (excludes halogenated alkanes) is 5. The number of hydrogen-bond donors (Lipinski definition) is 2. The lowest BCUT2D eigenvalue weighted by Gasteiger charge is -2.07. The number of hydrogen-bond acceptors (Lipinski definition) is 5. The van der Waals surface area contributed by atoms with Crippen LogP contribution in [0.25, 0.3) is 11.3 Å². The van der Waals surface area contributed by atoms with Crippen LogP contribution in [0.1, 0.15) is 49.0 Å². The first kappa shape index (κ1) is 18.9. The molecule has 0 aliphatic rings. The Hall–Kier alpha value is -2.47. The predicted molar refractivity (Wildman–Crippen MR) is 94.7 cm³/mol. The lowest BCUT2D eigenvalue weighted by Crippen LogP contribution is -2.01. The third-order valence-corrected chi connectivity index (χ3v) is 3.84. The van der Waals surface area contributed by atoms with Gasteiger partial charge in [-0.05, 0) is 37.1 Å². The van der Waals surface area contributed by atoms with Gasteiger partial charge in [-0.15, -0.1) is 0 Å². The molecular weight excluding hydrogens is 320 g/mol. The summed E-state index contributed by atoms with van der Waals surface area (Å²) < 4.78 is 5.72. The van der Waals surface area contributed by atoms with Gasteiger partial charge in [0.05, 0.1) is 24.7 Å². The van der Waals surface area contributed by atoms with E-state index in [9.17, 15) is 4.79 Å². The summed E-state index contributed by atoms with van der Waals surface area (Å²) in [6.45, 7) is 0.973. The van der Waals surface area contributed by atoms with Crippen molar-refractivity contribution in [3.05, 3.63) is 42.4 Å². The number of carboxylic acid groups (broad SMARTS) is 1. The van der Waals surface area contributed by atoms with Gasteiger partial charge in [-0.25, -0.2) is 9.78 Å². The predicted octanol–water partition coefficient (Wildman–Crippen LogP) is 3.55. The zero-order valence-electron chi connectivity index (χ0n) is 14.2. The van der Waals surface area contributed by atoms with Crippen molar-refractivity contribution in [3.8, 4) is 17.0 Å². The number of nitrogens with zero attached hydrogens (tertiary/aromatic N) is 2. The molecule has 0 spiro atoms. The summed E-state index contributed by atoms with van der Waals surface area (Å²) in [7, 11) is 0. The van der Waals surface area contributed by atoms with Gasteiger partial charge < -0.3 is 14.9 Å². The van der Waals surface area contributed by atoms with E-state index in [-0.39, 0.29) is 12.3 Å². The maximum absolute atomic E-state index is 10.8. The third kappa shape index (κ3) is 6.51. The summed E-state index contributed by atoms with van der Waals surface area (Å²) in [6.07, 6.45) is 9.18. The molecule has 1 aromatic carbocycles. The third-order valence-electron chi connectivity index (χ3n) is 3.84. The first-order chi connectivity index (χ1) is 12.2. The SMILES string of the molecule is O=C(O)c1cnc(-c2ccc(OCCCCCCCCO)cc2)cn1. The van der Waals surface area contributed by atoms with Crippen LogP contribution in [0.3, 0.4) is 0 Å². The number of aliphatic hydroxyl groups is 1. The average molecular weight is 344 g/mol. The molecule has 0 bridgehead atoms. The maximum atomic E-state index is 10.8. The minimum Gasteiger partial charge on any atom is -0.494 e. The Morgan fingerprint density at radius 2 is 1.60 bits per heavy atom. The molecule has 0 unspecified atom stereocenters. The Morgan fingerprint density at radius 1 is 0.920 bits per heavy atom. The average Bonchev–Trinajstić information content (AvgIpc) is 2.64. The van der Waals surface area contributed by atoms with Crippen molar-refractivity contribution in [1.82, 2.24) is 9.97 Å². The van der Waals surface area contributed by atoms with Gasteiger partial charge in [-0.1, -0.05) is 25.7 Å². The van der Waals surface area contributed by atoms with Crippen LogP contribution in [0, 0.1) is 0 Å². The monoisotopic (exact) mass is 344 g/mol. The minimum absolute atomic E-state index is 0.0694. The van der Waals surface area contributed by atoms with E-state index in [1.165, 1.54) is 18.8 Å². The quantitative estimate of drug-likeness (QED) is 0.606. The van der Waals surface area contributed by atoms with E-state index in [1.54, 1.807) is 0 Å². The van der Waals surface area contributed by atoms with Crippen molar-refractivity contribution < 1.29 is 19.7 Å². The number of aliphatic hydroxyl groups excluding tert-OH is 1. The molecule has 0 radical (unpaired) electrons. The Bertz CT molecular complexity index is 641. The number of aromatic nitrogens is 2. The first-order valence-corrected chi connectivity index (χ1v) is 8.60. The fraction of sp³-hybridized carbons (Fsp3) is 0.421. The first-order valence-electron chi connectivity index (χ1n) is 8.60. The van der Waals surface area contributed by atoms with Crippen molar-refractivity contribution in [3.63, 3.8) is 0 Å².